The van der Waals surface area contributed by atoms with Crippen molar-refractivity contribution in [3.63, 3.8) is 0 Å². The highest BCUT2D eigenvalue weighted by atomic mass is 79.9. The van der Waals surface area contributed by atoms with Gasteiger partial charge in [0.2, 0.25) is 0 Å². The maximum atomic E-state index is 12.3. The fraction of sp³-hybridized carbons (Fsp3) is 0.0769. The first-order valence-corrected chi connectivity index (χ1v) is 6.32. The molecule has 0 saturated heterocycles. The van der Waals surface area contributed by atoms with Crippen LogP contribution in [0.25, 0.3) is 0 Å². The van der Waals surface area contributed by atoms with Crippen molar-refractivity contribution < 1.29 is 18.3 Å². The lowest BCUT2D eigenvalue weighted by atomic mass is 10.2. The molecule has 20 heavy (non-hydrogen) atoms. The second-order valence-corrected chi connectivity index (χ2v) is 4.51. The molecule has 7 heteroatoms. The Morgan fingerprint density at radius 2 is 2.05 bits per heavy atom. The number of anilines is 1. The van der Waals surface area contributed by atoms with Crippen LogP contribution in [0.5, 0.6) is 5.75 Å². The molecule has 1 amide bonds. The van der Waals surface area contributed by atoms with Gasteiger partial charge in [0.15, 0.2) is 0 Å². The van der Waals surface area contributed by atoms with Gasteiger partial charge in [0.1, 0.15) is 10.4 Å². The summed E-state index contributed by atoms with van der Waals surface area (Å²) in [6, 6.07) is 9.01. The summed E-state index contributed by atoms with van der Waals surface area (Å²) in [5, 5.41) is 2.51. The minimum absolute atomic E-state index is 0.0935. The number of hydrogen-bond donors (Lipinski definition) is 1. The Hall–Kier alpha value is -2.02. The molecule has 2 aromatic rings. The van der Waals surface area contributed by atoms with E-state index in [9.17, 15) is 13.6 Å². The van der Waals surface area contributed by atoms with Crippen LogP contribution in [0.15, 0.2) is 47.2 Å². The van der Waals surface area contributed by atoms with E-state index in [4.69, 9.17) is 0 Å². The highest BCUT2D eigenvalue weighted by Crippen LogP contribution is 2.26. The average Bonchev–Trinajstić information content (AvgIpc) is 2.40. The minimum atomic E-state index is -2.96. The summed E-state index contributed by atoms with van der Waals surface area (Å²) in [7, 11) is 0. The van der Waals surface area contributed by atoms with Crippen molar-refractivity contribution in [2.24, 2.45) is 0 Å². The van der Waals surface area contributed by atoms with Gasteiger partial charge in [0, 0.05) is 11.8 Å². The summed E-state index contributed by atoms with van der Waals surface area (Å²) in [4.78, 5) is 15.9. The van der Waals surface area contributed by atoms with Gasteiger partial charge in [-0.3, -0.25) is 4.79 Å². The molecule has 1 heterocycles. The normalized spacial score (nSPS) is 10.4. The van der Waals surface area contributed by atoms with Gasteiger partial charge in [-0.2, -0.15) is 8.78 Å². The molecule has 2 rings (SSSR count). The predicted molar refractivity (Wildman–Crippen MR) is 73.0 cm³/mol. The number of halogens is 3. The second kappa shape index (κ2) is 6.42. The van der Waals surface area contributed by atoms with Crippen LogP contribution in [-0.2, 0) is 0 Å². The Morgan fingerprint density at radius 1 is 1.30 bits per heavy atom. The molecule has 0 atom stereocenters. The van der Waals surface area contributed by atoms with Crippen LogP contribution < -0.4 is 10.1 Å². The summed E-state index contributed by atoms with van der Waals surface area (Å²) in [6.07, 6.45) is 1.46. The summed E-state index contributed by atoms with van der Waals surface area (Å²) < 4.78 is 29.4. The summed E-state index contributed by atoms with van der Waals surface area (Å²) in [6.45, 7) is -2.96. The van der Waals surface area contributed by atoms with Crippen LogP contribution in [0, 0.1) is 0 Å². The molecular formula is C13H9BrF2N2O2. The van der Waals surface area contributed by atoms with E-state index in [2.05, 4.69) is 31.0 Å². The van der Waals surface area contributed by atoms with Crippen LogP contribution in [0.2, 0.25) is 0 Å². The van der Waals surface area contributed by atoms with E-state index in [0.717, 1.165) is 0 Å². The van der Waals surface area contributed by atoms with Gasteiger partial charge < -0.3 is 10.1 Å². The Balaban J connectivity index is 2.19. The fourth-order valence-electron chi connectivity index (χ4n) is 1.51. The highest BCUT2D eigenvalue weighted by molar-refractivity contribution is 9.10. The number of nitrogens with zero attached hydrogens (tertiary/aromatic N) is 1. The zero-order valence-corrected chi connectivity index (χ0v) is 11.6. The number of rotatable bonds is 4. The zero-order valence-electron chi connectivity index (χ0n) is 10.0. The number of ether oxygens (including phenoxy) is 1. The SMILES string of the molecule is O=C(Nc1ccccc1OC(F)F)c1ccnc(Br)c1. The van der Waals surface area contributed by atoms with Crippen molar-refractivity contribution in [3.8, 4) is 5.75 Å². The monoisotopic (exact) mass is 342 g/mol. The van der Waals surface area contributed by atoms with Crippen molar-refractivity contribution in [2.45, 2.75) is 6.61 Å². The number of pyridine rings is 1. The van der Waals surface area contributed by atoms with Crippen LogP contribution >= 0.6 is 15.9 Å². The van der Waals surface area contributed by atoms with E-state index in [0.29, 0.717) is 10.2 Å². The first-order chi connectivity index (χ1) is 9.56. The molecule has 0 bridgehead atoms. The third-order valence-corrected chi connectivity index (χ3v) is 2.77. The topological polar surface area (TPSA) is 51.2 Å². The molecule has 104 valence electrons. The van der Waals surface area contributed by atoms with E-state index < -0.39 is 12.5 Å². The van der Waals surface area contributed by atoms with Crippen LogP contribution in [0.1, 0.15) is 10.4 Å². The standard InChI is InChI=1S/C13H9BrF2N2O2/c14-11-7-8(5-6-17-11)12(19)18-9-3-1-2-4-10(9)20-13(15)16/h1-7,13H,(H,18,19). The van der Waals surface area contributed by atoms with Crippen LogP contribution in [-0.4, -0.2) is 17.5 Å². The molecule has 0 aliphatic rings. The summed E-state index contributed by atoms with van der Waals surface area (Å²) in [5.41, 5.74) is 0.518. The van der Waals surface area contributed by atoms with Crippen molar-refractivity contribution in [2.75, 3.05) is 5.32 Å². The number of carbonyl (C=O) groups excluding carboxylic acids is 1. The van der Waals surface area contributed by atoms with E-state index in [1.54, 1.807) is 6.07 Å². The molecule has 0 aliphatic heterocycles. The average molecular weight is 343 g/mol. The van der Waals surface area contributed by atoms with Gasteiger partial charge in [-0.15, -0.1) is 0 Å². The lowest BCUT2D eigenvalue weighted by Gasteiger charge is -2.11. The molecule has 0 aliphatic carbocycles. The smallest absolute Gasteiger partial charge is 0.387 e. The molecule has 0 fully saturated rings. The molecule has 4 nitrogen and oxygen atoms in total. The summed E-state index contributed by atoms with van der Waals surface area (Å²) >= 11 is 3.15. The number of para-hydroxylation sites is 2. The lowest BCUT2D eigenvalue weighted by molar-refractivity contribution is -0.0493. The molecule has 1 aromatic carbocycles. The molecular weight excluding hydrogens is 334 g/mol. The molecule has 0 saturated carbocycles. The number of benzene rings is 1. The predicted octanol–water partition coefficient (Wildman–Crippen LogP) is 3.70. The Kier molecular flexibility index (Phi) is 4.62. The molecule has 0 radical (unpaired) electrons. The number of alkyl halides is 2. The Morgan fingerprint density at radius 3 is 2.75 bits per heavy atom. The van der Waals surface area contributed by atoms with Crippen molar-refractivity contribution >= 4 is 27.5 Å². The maximum absolute atomic E-state index is 12.3. The van der Waals surface area contributed by atoms with E-state index >= 15 is 0 Å². The van der Waals surface area contributed by atoms with Crippen molar-refractivity contribution in [1.29, 1.82) is 0 Å². The van der Waals surface area contributed by atoms with E-state index in [1.165, 1.54) is 36.5 Å². The van der Waals surface area contributed by atoms with Gasteiger partial charge in [0.05, 0.1) is 5.69 Å². The molecule has 1 N–H and O–H groups in total. The fourth-order valence-corrected chi connectivity index (χ4v) is 1.87. The van der Waals surface area contributed by atoms with Crippen LogP contribution in [0.4, 0.5) is 14.5 Å². The summed E-state index contributed by atoms with van der Waals surface area (Å²) in [5.74, 6) is -0.539. The van der Waals surface area contributed by atoms with E-state index in [1.807, 2.05) is 0 Å². The van der Waals surface area contributed by atoms with Gasteiger partial charge in [-0.05, 0) is 40.2 Å². The van der Waals surface area contributed by atoms with Gasteiger partial charge in [0.25, 0.3) is 5.91 Å². The van der Waals surface area contributed by atoms with Crippen molar-refractivity contribution in [3.05, 3.63) is 52.8 Å². The molecule has 0 unspecified atom stereocenters. The molecule has 1 aromatic heterocycles. The number of amides is 1. The zero-order chi connectivity index (χ0) is 14.5. The number of carbonyl (C=O) groups is 1. The van der Waals surface area contributed by atoms with E-state index in [-0.39, 0.29) is 11.4 Å². The first-order valence-electron chi connectivity index (χ1n) is 5.53. The first kappa shape index (κ1) is 14.4. The van der Waals surface area contributed by atoms with Gasteiger partial charge >= 0.3 is 6.61 Å². The van der Waals surface area contributed by atoms with Crippen molar-refractivity contribution in [1.82, 2.24) is 4.98 Å². The Labute approximate surface area is 121 Å². The largest absolute Gasteiger partial charge is 0.433 e. The lowest BCUT2D eigenvalue weighted by Crippen LogP contribution is -2.14. The minimum Gasteiger partial charge on any atom is -0.433 e. The van der Waals surface area contributed by atoms with Gasteiger partial charge in [-0.25, -0.2) is 4.98 Å². The maximum Gasteiger partial charge on any atom is 0.387 e. The third-order valence-electron chi connectivity index (χ3n) is 2.34. The van der Waals surface area contributed by atoms with Crippen LogP contribution in [0.3, 0.4) is 0 Å². The second-order valence-electron chi connectivity index (χ2n) is 3.70. The number of aromatic nitrogens is 1. The number of nitrogens with one attached hydrogen (secondary N) is 1. The third kappa shape index (κ3) is 3.74. The number of hydrogen-bond acceptors (Lipinski definition) is 3. The quantitative estimate of drug-likeness (QED) is 0.862. The Bertz CT molecular complexity index is 623. The molecule has 0 spiro atoms. The highest BCUT2D eigenvalue weighted by Gasteiger charge is 2.12. The van der Waals surface area contributed by atoms with Gasteiger partial charge in [-0.1, -0.05) is 12.1 Å².